The second kappa shape index (κ2) is 8.00. The summed E-state index contributed by atoms with van der Waals surface area (Å²) in [4.78, 5) is 7.52. The molecule has 0 saturated carbocycles. The Morgan fingerprint density at radius 2 is 1.81 bits per heavy atom. The molecule has 1 aromatic carbocycles. The Labute approximate surface area is 154 Å². The number of aliphatic hydroxyl groups excluding tert-OH is 1. The van der Waals surface area contributed by atoms with Gasteiger partial charge in [0.25, 0.3) is 0 Å². The zero-order chi connectivity index (χ0) is 17.9. The van der Waals surface area contributed by atoms with Crippen LogP contribution in [-0.4, -0.2) is 89.1 Å². The van der Waals surface area contributed by atoms with Crippen molar-refractivity contribution in [2.45, 2.75) is 13.5 Å². The molecule has 0 radical (unpaired) electrons. The fraction of sp³-hybridized carbons (Fsp3) is 0.684. The van der Waals surface area contributed by atoms with Crippen LogP contribution < -0.4 is 0 Å². The monoisotopic (exact) mass is 359 g/mol. The number of fused-ring (bicyclic) bond motifs is 1. The molecule has 2 fully saturated rings. The van der Waals surface area contributed by atoms with Crippen molar-refractivity contribution >= 4 is 11.0 Å². The molecule has 142 valence electrons. The number of hydrogen-bond acceptors (Lipinski definition) is 7. The maximum atomic E-state index is 9.88. The van der Waals surface area contributed by atoms with E-state index >= 15 is 0 Å². The first kappa shape index (κ1) is 17.9. The van der Waals surface area contributed by atoms with Crippen molar-refractivity contribution in [3.8, 4) is 0 Å². The number of likely N-dealkylation sites (tertiary alicyclic amines) is 1. The molecule has 2 aliphatic rings. The molecule has 7 heteroatoms. The summed E-state index contributed by atoms with van der Waals surface area (Å²) in [6.45, 7) is 12.2. The predicted octanol–water partition coefficient (Wildman–Crippen LogP) is 0.901. The highest BCUT2D eigenvalue weighted by Gasteiger charge is 2.34. The Balaban J connectivity index is 1.37. The highest BCUT2D eigenvalue weighted by molar-refractivity contribution is 5.76. The third kappa shape index (κ3) is 3.76. The SMILES string of the molecule is CCN1CCN(CC2CN(Cc3cccc4nonc34)CC2CO)CC1. The van der Waals surface area contributed by atoms with Crippen LogP contribution in [0, 0.1) is 11.8 Å². The van der Waals surface area contributed by atoms with Crippen LogP contribution in [0.25, 0.3) is 11.0 Å². The first-order chi connectivity index (χ1) is 12.8. The van der Waals surface area contributed by atoms with Crippen molar-refractivity contribution in [1.29, 1.82) is 0 Å². The second-order valence-corrected chi connectivity index (χ2v) is 7.68. The molecule has 0 amide bonds. The van der Waals surface area contributed by atoms with Gasteiger partial charge in [0.05, 0.1) is 0 Å². The Hall–Kier alpha value is -1.54. The summed E-state index contributed by atoms with van der Waals surface area (Å²) < 4.78 is 4.88. The number of likely N-dealkylation sites (N-methyl/N-ethyl adjacent to an activating group) is 1. The highest BCUT2D eigenvalue weighted by Crippen LogP contribution is 2.27. The number of rotatable bonds is 6. The lowest BCUT2D eigenvalue weighted by Gasteiger charge is -2.36. The van der Waals surface area contributed by atoms with E-state index < -0.39 is 0 Å². The van der Waals surface area contributed by atoms with Crippen LogP contribution in [-0.2, 0) is 6.54 Å². The maximum absolute atomic E-state index is 9.88. The van der Waals surface area contributed by atoms with Gasteiger partial charge in [0.2, 0.25) is 0 Å². The summed E-state index contributed by atoms with van der Waals surface area (Å²) >= 11 is 0. The minimum Gasteiger partial charge on any atom is -0.396 e. The number of piperazine rings is 1. The van der Waals surface area contributed by atoms with Crippen molar-refractivity contribution in [3.05, 3.63) is 23.8 Å². The third-order valence-corrected chi connectivity index (χ3v) is 6.05. The topological polar surface area (TPSA) is 68.9 Å². The molecule has 7 nitrogen and oxygen atoms in total. The van der Waals surface area contributed by atoms with E-state index in [0.29, 0.717) is 11.8 Å². The molecular formula is C19H29N5O2. The van der Waals surface area contributed by atoms with Gasteiger partial charge in [0.15, 0.2) is 0 Å². The van der Waals surface area contributed by atoms with E-state index in [-0.39, 0.29) is 6.61 Å². The van der Waals surface area contributed by atoms with Crippen molar-refractivity contribution < 1.29 is 9.74 Å². The van der Waals surface area contributed by atoms with E-state index in [1.165, 1.54) is 0 Å². The quantitative estimate of drug-likeness (QED) is 0.822. The zero-order valence-electron chi connectivity index (χ0n) is 15.5. The Morgan fingerprint density at radius 3 is 2.58 bits per heavy atom. The van der Waals surface area contributed by atoms with Crippen LogP contribution >= 0.6 is 0 Å². The molecule has 26 heavy (non-hydrogen) atoms. The molecule has 0 aliphatic carbocycles. The predicted molar refractivity (Wildman–Crippen MR) is 99.7 cm³/mol. The Kier molecular flexibility index (Phi) is 5.49. The largest absolute Gasteiger partial charge is 0.396 e. The Morgan fingerprint density at radius 1 is 1.04 bits per heavy atom. The van der Waals surface area contributed by atoms with Gasteiger partial charge >= 0.3 is 0 Å². The lowest BCUT2D eigenvalue weighted by atomic mass is 9.96. The number of benzene rings is 1. The van der Waals surface area contributed by atoms with Crippen LogP contribution in [0.2, 0.25) is 0 Å². The van der Waals surface area contributed by atoms with Crippen LogP contribution in [0.15, 0.2) is 22.8 Å². The minimum atomic E-state index is 0.270. The van der Waals surface area contributed by atoms with E-state index in [1.54, 1.807) is 0 Å². The molecular weight excluding hydrogens is 330 g/mol. The van der Waals surface area contributed by atoms with Crippen molar-refractivity contribution in [2.75, 3.05) is 59.0 Å². The average molecular weight is 359 g/mol. The first-order valence-corrected chi connectivity index (χ1v) is 9.75. The summed E-state index contributed by atoms with van der Waals surface area (Å²) in [5.74, 6) is 0.886. The lowest BCUT2D eigenvalue weighted by Crippen LogP contribution is -2.48. The van der Waals surface area contributed by atoms with Gasteiger partial charge in [0, 0.05) is 59.0 Å². The van der Waals surface area contributed by atoms with Crippen molar-refractivity contribution in [3.63, 3.8) is 0 Å². The third-order valence-electron chi connectivity index (χ3n) is 6.05. The molecule has 1 aromatic heterocycles. The molecule has 2 aromatic rings. The van der Waals surface area contributed by atoms with Gasteiger partial charge < -0.3 is 14.9 Å². The normalized spacial score (nSPS) is 26.1. The van der Waals surface area contributed by atoms with Gasteiger partial charge in [-0.05, 0) is 40.3 Å². The fourth-order valence-corrected chi connectivity index (χ4v) is 4.43. The van der Waals surface area contributed by atoms with Gasteiger partial charge in [-0.15, -0.1) is 0 Å². The van der Waals surface area contributed by atoms with Crippen molar-refractivity contribution in [2.24, 2.45) is 11.8 Å². The fourth-order valence-electron chi connectivity index (χ4n) is 4.43. The number of hydrogen-bond donors (Lipinski definition) is 1. The van der Waals surface area contributed by atoms with Crippen molar-refractivity contribution in [1.82, 2.24) is 25.0 Å². The number of aliphatic hydroxyl groups is 1. The summed E-state index contributed by atoms with van der Waals surface area (Å²) in [5, 5.41) is 17.9. The van der Waals surface area contributed by atoms with E-state index in [1.807, 2.05) is 12.1 Å². The summed E-state index contributed by atoms with van der Waals surface area (Å²) in [5.41, 5.74) is 2.82. The van der Waals surface area contributed by atoms with Gasteiger partial charge in [-0.2, -0.15) is 0 Å². The van der Waals surface area contributed by atoms with E-state index in [2.05, 4.69) is 38.0 Å². The summed E-state index contributed by atoms with van der Waals surface area (Å²) in [7, 11) is 0. The lowest BCUT2D eigenvalue weighted by molar-refractivity contribution is 0.106. The molecule has 2 saturated heterocycles. The van der Waals surface area contributed by atoms with Crippen LogP contribution in [0.5, 0.6) is 0 Å². The molecule has 0 bridgehead atoms. The molecule has 1 N–H and O–H groups in total. The smallest absolute Gasteiger partial charge is 0.139 e. The second-order valence-electron chi connectivity index (χ2n) is 7.68. The van der Waals surface area contributed by atoms with Gasteiger partial charge in [-0.25, -0.2) is 4.63 Å². The molecule has 2 atom stereocenters. The minimum absolute atomic E-state index is 0.270. The molecule has 0 spiro atoms. The molecule has 4 rings (SSSR count). The average Bonchev–Trinajstić information content (AvgIpc) is 3.29. The van der Waals surface area contributed by atoms with Crippen LogP contribution in [0.4, 0.5) is 0 Å². The molecule has 2 aliphatic heterocycles. The van der Waals surface area contributed by atoms with Gasteiger partial charge in [-0.3, -0.25) is 4.90 Å². The van der Waals surface area contributed by atoms with Gasteiger partial charge in [-0.1, -0.05) is 19.1 Å². The van der Waals surface area contributed by atoms with E-state index in [4.69, 9.17) is 4.63 Å². The van der Waals surface area contributed by atoms with E-state index in [9.17, 15) is 5.11 Å². The zero-order valence-corrected chi connectivity index (χ0v) is 15.5. The van der Waals surface area contributed by atoms with Gasteiger partial charge in [0.1, 0.15) is 11.0 Å². The maximum Gasteiger partial charge on any atom is 0.139 e. The highest BCUT2D eigenvalue weighted by atomic mass is 16.6. The summed E-state index contributed by atoms with van der Waals surface area (Å²) in [6.07, 6.45) is 0. The summed E-state index contributed by atoms with van der Waals surface area (Å²) in [6, 6.07) is 6.03. The number of nitrogens with zero attached hydrogens (tertiary/aromatic N) is 5. The van der Waals surface area contributed by atoms with Crippen LogP contribution in [0.3, 0.4) is 0 Å². The molecule has 3 heterocycles. The van der Waals surface area contributed by atoms with E-state index in [0.717, 1.165) is 75.5 Å². The first-order valence-electron chi connectivity index (χ1n) is 9.75. The Bertz CT molecular complexity index is 713. The van der Waals surface area contributed by atoms with Crippen LogP contribution in [0.1, 0.15) is 12.5 Å². The molecule has 2 unspecified atom stereocenters. The standard InChI is InChI=1S/C19H29N5O2/c1-2-22-6-8-23(9-7-22)11-16-12-24(13-17(16)14-25)10-15-4-3-5-18-19(15)21-26-20-18/h3-5,16-17,25H,2,6-14H2,1H3. The number of aromatic nitrogens is 2.